The lowest BCUT2D eigenvalue weighted by molar-refractivity contribution is 0.0305. The fourth-order valence-electron chi connectivity index (χ4n) is 2.73. The second-order valence-electron chi connectivity index (χ2n) is 4.82. The highest BCUT2D eigenvalue weighted by Crippen LogP contribution is 2.30. The molecule has 17 heavy (non-hydrogen) atoms. The van der Waals surface area contributed by atoms with Crippen LogP contribution in [0, 0.1) is 0 Å². The van der Waals surface area contributed by atoms with Crippen molar-refractivity contribution < 1.29 is 4.74 Å². The molecular formula is C13H19N3O. The van der Waals surface area contributed by atoms with E-state index in [1.807, 2.05) is 12.4 Å². The molecule has 2 aliphatic heterocycles. The van der Waals surface area contributed by atoms with Gasteiger partial charge in [-0.1, -0.05) is 0 Å². The molecule has 0 aromatic carbocycles. The number of hydrogen-bond acceptors (Lipinski definition) is 4. The van der Waals surface area contributed by atoms with Crippen molar-refractivity contribution in [1.82, 2.24) is 4.98 Å². The van der Waals surface area contributed by atoms with Crippen molar-refractivity contribution in [1.29, 1.82) is 0 Å². The van der Waals surface area contributed by atoms with E-state index in [0.29, 0.717) is 12.2 Å². The molecular weight excluding hydrogens is 214 g/mol. The molecule has 0 aliphatic carbocycles. The predicted octanol–water partition coefficient (Wildman–Crippen LogP) is 1.88. The quantitative estimate of drug-likeness (QED) is 0.865. The standard InChI is InChI=1S/C13H19N3O/c1-2-15-10-5-11(7-14-6-10)16-8-12-3-4-13(9-16)17-12/h5-7,12-13,15H,2-4,8-9H2,1H3. The van der Waals surface area contributed by atoms with Gasteiger partial charge in [-0.25, -0.2) is 0 Å². The lowest BCUT2D eigenvalue weighted by Crippen LogP contribution is -2.42. The second-order valence-corrected chi connectivity index (χ2v) is 4.82. The first-order valence-corrected chi connectivity index (χ1v) is 6.44. The van der Waals surface area contributed by atoms with Crippen LogP contribution in [0.25, 0.3) is 0 Å². The summed E-state index contributed by atoms with van der Waals surface area (Å²) in [5.41, 5.74) is 2.31. The fourth-order valence-corrected chi connectivity index (χ4v) is 2.73. The molecule has 2 atom stereocenters. The van der Waals surface area contributed by atoms with Crippen molar-refractivity contribution >= 4 is 11.4 Å². The van der Waals surface area contributed by atoms with E-state index < -0.39 is 0 Å². The molecule has 1 N–H and O–H groups in total. The minimum atomic E-state index is 0.427. The number of fused-ring (bicyclic) bond motifs is 2. The highest BCUT2D eigenvalue weighted by molar-refractivity contribution is 5.56. The van der Waals surface area contributed by atoms with E-state index in [2.05, 4.69) is 28.2 Å². The Morgan fingerprint density at radius 1 is 1.35 bits per heavy atom. The molecule has 2 aliphatic rings. The lowest BCUT2D eigenvalue weighted by atomic mass is 10.2. The first kappa shape index (κ1) is 10.8. The van der Waals surface area contributed by atoms with E-state index in [4.69, 9.17) is 4.74 Å². The van der Waals surface area contributed by atoms with Crippen molar-refractivity contribution in [2.45, 2.75) is 32.0 Å². The second kappa shape index (κ2) is 4.53. The Balaban J connectivity index is 1.77. The Hall–Kier alpha value is -1.29. The lowest BCUT2D eigenvalue weighted by Gasteiger charge is -2.33. The van der Waals surface area contributed by atoms with Gasteiger partial charge in [0.05, 0.1) is 36.0 Å². The maximum absolute atomic E-state index is 5.85. The zero-order chi connectivity index (χ0) is 11.7. The third-order valence-corrected chi connectivity index (χ3v) is 3.51. The van der Waals surface area contributed by atoms with E-state index in [1.54, 1.807) is 0 Å². The van der Waals surface area contributed by atoms with Crippen LogP contribution in [-0.2, 0) is 4.74 Å². The van der Waals surface area contributed by atoms with Crippen LogP contribution in [0.5, 0.6) is 0 Å². The van der Waals surface area contributed by atoms with Crippen LogP contribution in [0.4, 0.5) is 11.4 Å². The summed E-state index contributed by atoms with van der Waals surface area (Å²) in [7, 11) is 0. The number of hydrogen-bond donors (Lipinski definition) is 1. The van der Waals surface area contributed by atoms with Gasteiger partial charge in [0.2, 0.25) is 0 Å². The summed E-state index contributed by atoms with van der Waals surface area (Å²) < 4.78 is 5.85. The molecule has 0 amide bonds. The maximum atomic E-state index is 5.85. The molecule has 92 valence electrons. The van der Waals surface area contributed by atoms with Crippen LogP contribution in [0.3, 0.4) is 0 Å². The van der Waals surface area contributed by atoms with Gasteiger partial charge in [-0.3, -0.25) is 4.98 Å². The van der Waals surface area contributed by atoms with Gasteiger partial charge in [0, 0.05) is 19.6 Å². The first-order chi connectivity index (χ1) is 8.35. The highest BCUT2D eigenvalue weighted by atomic mass is 16.5. The van der Waals surface area contributed by atoms with Crippen LogP contribution >= 0.6 is 0 Å². The van der Waals surface area contributed by atoms with Gasteiger partial charge in [-0.2, -0.15) is 0 Å². The molecule has 0 radical (unpaired) electrons. The number of morpholine rings is 1. The van der Waals surface area contributed by atoms with Crippen LogP contribution in [0.15, 0.2) is 18.5 Å². The van der Waals surface area contributed by atoms with Crippen LogP contribution in [0.1, 0.15) is 19.8 Å². The van der Waals surface area contributed by atoms with Gasteiger partial charge in [0.1, 0.15) is 0 Å². The molecule has 2 fully saturated rings. The van der Waals surface area contributed by atoms with Crippen molar-refractivity contribution in [3.8, 4) is 0 Å². The van der Waals surface area contributed by atoms with Crippen LogP contribution in [-0.4, -0.2) is 36.8 Å². The zero-order valence-corrected chi connectivity index (χ0v) is 10.2. The van der Waals surface area contributed by atoms with Gasteiger partial charge >= 0.3 is 0 Å². The van der Waals surface area contributed by atoms with Crippen molar-refractivity contribution in [2.75, 3.05) is 29.9 Å². The maximum Gasteiger partial charge on any atom is 0.0755 e. The van der Waals surface area contributed by atoms with Crippen molar-refractivity contribution in [2.24, 2.45) is 0 Å². The van der Waals surface area contributed by atoms with E-state index in [1.165, 1.54) is 18.5 Å². The van der Waals surface area contributed by atoms with Crippen LogP contribution < -0.4 is 10.2 Å². The minimum Gasteiger partial charge on any atom is -0.384 e. The molecule has 4 heteroatoms. The number of pyridine rings is 1. The molecule has 3 heterocycles. The van der Waals surface area contributed by atoms with Crippen molar-refractivity contribution in [3.05, 3.63) is 18.5 Å². The normalized spacial score (nSPS) is 27.2. The topological polar surface area (TPSA) is 37.4 Å². The predicted molar refractivity (Wildman–Crippen MR) is 68.5 cm³/mol. The fraction of sp³-hybridized carbons (Fsp3) is 0.615. The average Bonchev–Trinajstić information content (AvgIpc) is 2.69. The van der Waals surface area contributed by atoms with E-state index in [-0.39, 0.29) is 0 Å². The summed E-state index contributed by atoms with van der Waals surface area (Å²) in [5.74, 6) is 0. The molecule has 3 rings (SSSR count). The van der Waals surface area contributed by atoms with Crippen molar-refractivity contribution in [3.63, 3.8) is 0 Å². The van der Waals surface area contributed by atoms with E-state index in [0.717, 1.165) is 25.3 Å². The zero-order valence-electron chi connectivity index (χ0n) is 10.2. The molecule has 2 bridgehead atoms. The number of nitrogens with zero attached hydrogens (tertiary/aromatic N) is 2. The molecule has 0 saturated carbocycles. The Morgan fingerprint density at radius 3 is 2.82 bits per heavy atom. The minimum absolute atomic E-state index is 0.427. The highest BCUT2D eigenvalue weighted by Gasteiger charge is 2.33. The Morgan fingerprint density at radius 2 is 2.12 bits per heavy atom. The third kappa shape index (κ3) is 2.22. The summed E-state index contributed by atoms with van der Waals surface area (Å²) >= 11 is 0. The summed E-state index contributed by atoms with van der Waals surface area (Å²) in [6.45, 7) is 5.04. The van der Waals surface area contributed by atoms with E-state index >= 15 is 0 Å². The average molecular weight is 233 g/mol. The molecule has 1 aromatic rings. The largest absolute Gasteiger partial charge is 0.384 e. The number of ether oxygens (including phenoxy) is 1. The summed E-state index contributed by atoms with van der Waals surface area (Å²) in [4.78, 5) is 6.71. The summed E-state index contributed by atoms with van der Waals surface area (Å²) in [6.07, 6.45) is 7.10. The Kier molecular flexibility index (Phi) is 2.89. The molecule has 2 saturated heterocycles. The van der Waals surface area contributed by atoms with Crippen LogP contribution in [0.2, 0.25) is 0 Å². The smallest absolute Gasteiger partial charge is 0.0755 e. The molecule has 0 spiro atoms. The SMILES string of the molecule is CCNc1cncc(N2CC3CCC(C2)O3)c1. The van der Waals surface area contributed by atoms with Gasteiger partial charge in [-0.05, 0) is 25.8 Å². The number of aromatic nitrogens is 1. The first-order valence-electron chi connectivity index (χ1n) is 6.44. The summed E-state index contributed by atoms with van der Waals surface area (Å²) in [5, 5.41) is 3.30. The molecule has 4 nitrogen and oxygen atoms in total. The number of nitrogens with one attached hydrogen (secondary N) is 1. The molecule has 1 aromatic heterocycles. The summed E-state index contributed by atoms with van der Waals surface area (Å²) in [6, 6.07) is 2.18. The molecule has 2 unspecified atom stereocenters. The monoisotopic (exact) mass is 233 g/mol. The van der Waals surface area contributed by atoms with E-state index in [9.17, 15) is 0 Å². The Bertz CT molecular complexity index is 384. The Labute approximate surface area is 102 Å². The third-order valence-electron chi connectivity index (χ3n) is 3.51. The number of rotatable bonds is 3. The van der Waals surface area contributed by atoms with Gasteiger partial charge in [-0.15, -0.1) is 0 Å². The number of anilines is 2. The van der Waals surface area contributed by atoms with Gasteiger partial charge in [0.25, 0.3) is 0 Å². The van der Waals surface area contributed by atoms with Gasteiger partial charge in [0.15, 0.2) is 0 Å². The van der Waals surface area contributed by atoms with Gasteiger partial charge < -0.3 is 15.0 Å².